The number of halogens is 3. The molecule has 4 aromatic rings. The minimum atomic E-state index is -4.49. The number of aromatic nitrogens is 1. The molecule has 0 aliphatic rings. The van der Waals surface area contributed by atoms with E-state index in [1.807, 2.05) is 36.4 Å². The fourth-order valence-electron chi connectivity index (χ4n) is 2.72. The largest absolute Gasteiger partial charge is 0.416 e. The Kier molecular flexibility index (Phi) is 3.88. The van der Waals surface area contributed by atoms with Gasteiger partial charge in [-0.3, -0.25) is 10.1 Å². The highest BCUT2D eigenvalue weighted by molar-refractivity contribution is 7.22. The first-order valence-corrected chi connectivity index (χ1v) is 8.50. The molecule has 0 aliphatic carbocycles. The Morgan fingerprint density at radius 3 is 2.62 bits per heavy atom. The summed E-state index contributed by atoms with van der Waals surface area (Å²) in [4.78, 5) is 16.8. The van der Waals surface area contributed by atoms with Crippen LogP contribution in [-0.4, -0.2) is 10.9 Å². The molecule has 0 unspecified atom stereocenters. The number of carbonyl (C=O) groups is 1. The topological polar surface area (TPSA) is 42.0 Å². The van der Waals surface area contributed by atoms with Crippen LogP contribution in [0.15, 0.2) is 60.7 Å². The normalized spacial score (nSPS) is 11.8. The van der Waals surface area contributed by atoms with Gasteiger partial charge in [-0.15, -0.1) is 0 Å². The van der Waals surface area contributed by atoms with Crippen LogP contribution in [-0.2, 0) is 6.18 Å². The van der Waals surface area contributed by atoms with Gasteiger partial charge in [0.15, 0.2) is 5.13 Å². The molecule has 4 rings (SSSR count). The lowest BCUT2D eigenvalue weighted by Crippen LogP contribution is -2.13. The standard InChI is InChI=1S/C19H11F3N2OS/c20-19(21,22)13-6-3-5-12(10-13)17(25)24-18-23-16-14-7-2-1-4-11(14)8-9-15(16)26-18/h1-10H,(H,23,24,25). The van der Waals surface area contributed by atoms with E-state index in [0.717, 1.165) is 33.1 Å². The van der Waals surface area contributed by atoms with Gasteiger partial charge >= 0.3 is 6.18 Å². The van der Waals surface area contributed by atoms with Gasteiger partial charge in [0.1, 0.15) is 0 Å². The van der Waals surface area contributed by atoms with E-state index in [1.165, 1.54) is 23.5 Å². The summed E-state index contributed by atoms with van der Waals surface area (Å²) < 4.78 is 39.3. The van der Waals surface area contributed by atoms with Crippen molar-refractivity contribution in [1.29, 1.82) is 0 Å². The van der Waals surface area contributed by atoms with Gasteiger partial charge in [-0.05, 0) is 29.7 Å². The number of anilines is 1. The van der Waals surface area contributed by atoms with Crippen molar-refractivity contribution in [2.75, 3.05) is 5.32 Å². The van der Waals surface area contributed by atoms with Crippen LogP contribution in [0.2, 0.25) is 0 Å². The summed E-state index contributed by atoms with van der Waals surface area (Å²) >= 11 is 1.28. The molecule has 0 atom stereocenters. The molecule has 0 aliphatic heterocycles. The molecule has 1 N–H and O–H groups in total. The number of nitrogens with zero attached hydrogens (tertiary/aromatic N) is 1. The number of alkyl halides is 3. The highest BCUT2D eigenvalue weighted by atomic mass is 32.1. The Labute approximate surface area is 150 Å². The molecule has 0 radical (unpaired) electrons. The average Bonchev–Trinajstić information content (AvgIpc) is 3.04. The Morgan fingerprint density at radius 1 is 1.00 bits per heavy atom. The summed E-state index contributed by atoms with van der Waals surface area (Å²) in [6.07, 6.45) is -4.49. The van der Waals surface area contributed by atoms with E-state index in [2.05, 4.69) is 10.3 Å². The molecular weight excluding hydrogens is 361 g/mol. The molecule has 0 bridgehead atoms. The smallest absolute Gasteiger partial charge is 0.298 e. The van der Waals surface area contributed by atoms with Gasteiger partial charge in [0.25, 0.3) is 5.91 Å². The molecule has 26 heavy (non-hydrogen) atoms. The van der Waals surface area contributed by atoms with E-state index in [1.54, 1.807) is 0 Å². The van der Waals surface area contributed by atoms with Crippen molar-refractivity contribution in [3.8, 4) is 0 Å². The number of benzene rings is 3. The number of thiazole rings is 1. The quantitative estimate of drug-likeness (QED) is 0.489. The van der Waals surface area contributed by atoms with Crippen LogP contribution in [0.4, 0.5) is 18.3 Å². The predicted octanol–water partition coefficient (Wildman–Crippen LogP) is 5.72. The van der Waals surface area contributed by atoms with Gasteiger partial charge in [-0.2, -0.15) is 13.2 Å². The number of rotatable bonds is 2. The van der Waals surface area contributed by atoms with E-state index in [0.29, 0.717) is 5.13 Å². The SMILES string of the molecule is O=C(Nc1nc2c(ccc3ccccc32)s1)c1cccc(C(F)(F)F)c1. The molecule has 3 nitrogen and oxygen atoms in total. The number of hydrogen-bond acceptors (Lipinski definition) is 3. The summed E-state index contributed by atoms with van der Waals surface area (Å²) in [7, 11) is 0. The monoisotopic (exact) mass is 372 g/mol. The summed E-state index contributed by atoms with van der Waals surface area (Å²) in [5.74, 6) is -0.625. The zero-order chi connectivity index (χ0) is 18.3. The third-order valence-corrected chi connectivity index (χ3v) is 4.89. The van der Waals surface area contributed by atoms with Gasteiger partial charge in [-0.1, -0.05) is 47.7 Å². The fraction of sp³-hybridized carbons (Fsp3) is 0.0526. The molecule has 0 fully saturated rings. The number of fused-ring (bicyclic) bond motifs is 3. The van der Waals surface area contributed by atoms with Gasteiger partial charge < -0.3 is 0 Å². The van der Waals surface area contributed by atoms with Gasteiger partial charge in [0.2, 0.25) is 0 Å². The van der Waals surface area contributed by atoms with Crippen molar-refractivity contribution in [2.24, 2.45) is 0 Å². The summed E-state index contributed by atoms with van der Waals surface area (Å²) in [6, 6.07) is 15.9. The van der Waals surface area contributed by atoms with Crippen molar-refractivity contribution in [3.63, 3.8) is 0 Å². The van der Waals surface area contributed by atoms with E-state index < -0.39 is 17.6 Å². The molecular formula is C19H11F3N2OS. The molecule has 1 aromatic heterocycles. The van der Waals surface area contributed by atoms with E-state index >= 15 is 0 Å². The molecule has 7 heteroatoms. The molecule has 0 saturated heterocycles. The number of nitrogens with one attached hydrogen (secondary N) is 1. The Bertz CT molecular complexity index is 1130. The first-order valence-electron chi connectivity index (χ1n) is 7.69. The summed E-state index contributed by atoms with van der Waals surface area (Å²) in [6.45, 7) is 0. The van der Waals surface area contributed by atoms with Crippen LogP contribution >= 0.6 is 11.3 Å². The van der Waals surface area contributed by atoms with E-state index in [9.17, 15) is 18.0 Å². The maximum absolute atomic E-state index is 12.8. The lowest BCUT2D eigenvalue weighted by molar-refractivity contribution is -0.137. The lowest BCUT2D eigenvalue weighted by Gasteiger charge is -2.08. The average molecular weight is 372 g/mol. The van der Waals surface area contributed by atoms with Gasteiger partial charge in [0, 0.05) is 10.9 Å². The first-order chi connectivity index (χ1) is 12.4. The van der Waals surface area contributed by atoms with Crippen molar-refractivity contribution >= 4 is 43.4 Å². The van der Waals surface area contributed by atoms with Gasteiger partial charge in [0.05, 0.1) is 15.8 Å². The Morgan fingerprint density at radius 2 is 1.81 bits per heavy atom. The van der Waals surface area contributed by atoms with Gasteiger partial charge in [-0.25, -0.2) is 4.98 Å². The Balaban J connectivity index is 1.67. The van der Waals surface area contributed by atoms with Crippen LogP contribution in [0.5, 0.6) is 0 Å². The lowest BCUT2D eigenvalue weighted by atomic mass is 10.1. The van der Waals surface area contributed by atoms with Crippen molar-refractivity contribution < 1.29 is 18.0 Å². The minimum absolute atomic E-state index is 0.0658. The third kappa shape index (κ3) is 3.01. The minimum Gasteiger partial charge on any atom is -0.298 e. The second-order valence-electron chi connectivity index (χ2n) is 5.69. The molecule has 3 aromatic carbocycles. The number of carbonyl (C=O) groups excluding carboxylic acids is 1. The summed E-state index contributed by atoms with van der Waals surface area (Å²) in [5, 5.41) is 4.93. The van der Waals surface area contributed by atoms with Crippen molar-refractivity contribution in [1.82, 2.24) is 4.98 Å². The molecule has 1 heterocycles. The molecule has 0 saturated carbocycles. The van der Waals surface area contributed by atoms with Crippen molar-refractivity contribution in [3.05, 3.63) is 71.8 Å². The number of amides is 1. The molecule has 1 amide bonds. The van der Waals surface area contributed by atoms with Crippen molar-refractivity contribution in [2.45, 2.75) is 6.18 Å². The predicted molar refractivity (Wildman–Crippen MR) is 96.5 cm³/mol. The Hall–Kier alpha value is -2.93. The van der Waals surface area contributed by atoms with Crippen LogP contribution in [0, 0.1) is 0 Å². The first kappa shape index (κ1) is 16.5. The third-order valence-electron chi connectivity index (χ3n) is 3.96. The zero-order valence-corrected chi connectivity index (χ0v) is 14.0. The second kappa shape index (κ2) is 6.10. The second-order valence-corrected chi connectivity index (χ2v) is 6.72. The zero-order valence-electron chi connectivity index (χ0n) is 13.2. The summed E-state index contributed by atoms with van der Waals surface area (Å²) in [5.41, 5.74) is -0.170. The van der Waals surface area contributed by atoms with E-state index in [-0.39, 0.29) is 5.56 Å². The molecule has 0 spiro atoms. The van der Waals surface area contributed by atoms with Crippen LogP contribution in [0.1, 0.15) is 15.9 Å². The number of hydrogen-bond donors (Lipinski definition) is 1. The van der Waals surface area contributed by atoms with Crippen LogP contribution in [0.25, 0.3) is 21.0 Å². The molecule has 130 valence electrons. The fourth-order valence-corrected chi connectivity index (χ4v) is 3.60. The van der Waals surface area contributed by atoms with E-state index in [4.69, 9.17) is 0 Å². The van der Waals surface area contributed by atoms with Crippen LogP contribution in [0.3, 0.4) is 0 Å². The highest BCUT2D eigenvalue weighted by Gasteiger charge is 2.31. The highest BCUT2D eigenvalue weighted by Crippen LogP contribution is 2.32. The maximum atomic E-state index is 12.8. The maximum Gasteiger partial charge on any atom is 0.416 e. The van der Waals surface area contributed by atoms with Crippen LogP contribution < -0.4 is 5.32 Å².